The van der Waals surface area contributed by atoms with Crippen LogP contribution in [0.4, 0.5) is 0 Å². The maximum absolute atomic E-state index is 13.2. The van der Waals surface area contributed by atoms with E-state index in [-0.39, 0.29) is 35.2 Å². The Morgan fingerprint density at radius 3 is 2.55 bits per heavy atom. The molecule has 1 amide bonds. The van der Waals surface area contributed by atoms with Gasteiger partial charge in [-0.05, 0) is 24.8 Å². The van der Waals surface area contributed by atoms with Crippen molar-refractivity contribution < 1.29 is 13.2 Å². The molecule has 1 saturated carbocycles. The van der Waals surface area contributed by atoms with Crippen LogP contribution >= 0.6 is 11.8 Å². The third-order valence-electron chi connectivity index (χ3n) is 5.95. The van der Waals surface area contributed by atoms with E-state index in [4.69, 9.17) is 0 Å². The van der Waals surface area contributed by atoms with Gasteiger partial charge in [0.2, 0.25) is 5.91 Å². The van der Waals surface area contributed by atoms with Crippen molar-refractivity contribution in [3.8, 4) is 11.3 Å². The summed E-state index contributed by atoms with van der Waals surface area (Å²) in [5.74, 6) is 0.626. The van der Waals surface area contributed by atoms with Gasteiger partial charge in [-0.2, -0.15) is 0 Å². The maximum atomic E-state index is 13.2. The third kappa shape index (κ3) is 4.53. The lowest BCUT2D eigenvalue weighted by atomic mass is 10.1. The Bertz CT molecular complexity index is 966. The van der Waals surface area contributed by atoms with Crippen LogP contribution in [0, 0.1) is 0 Å². The number of rotatable bonds is 6. The monoisotopic (exact) mass is 433 g/mol. The Labute approximate surface area is 176 Å². The summed E-state index contributed by atoms with van der Waals surface area (Å²) in [5.41, 5.74) is 2.10. The van der Waals surface area contributed by atoms with E-state index in [1.807, 2.05) is 53.0 Å². The van der Waals surface area contributed by atoms with E-state index in [9.17, 15) is 13.2 Å². The molecule has 156 valence electrons. The molecule has 2 fully saturated rings. The molecule has 1 aliphatic carbocycles. The number of sulfone groups is 1. The molecule has 1 atom stereocenters. The van der Waals surface area contributed by atoms with E-state index in [2.05, 4.69) is 4.98 Å². The number of carbonyl (C=O) groups is 1. The highest BCUT2D eigenvalue weighted by molar-refractivity contribution is 7.99. The summed E-state index contributed by atoms with van der Waals surface area (Å²) >= 11 is 1.43. The van der Waals surface area contributed by atoms with Crippen LogP contribution in [0.5, 0.6) is 0 Å². The molecule has 0 radical (unpaired) electrons. The molecule has 1 aliphatic heterocycles. The van der Waals surface area contributed by atoms with Crippen LogP contribution in [-0.2, 0) is 21.7 Å². The molecular weight excluding hydrogens is 406 g/mol. The van der Waals surface area contributed by atoms with Gasteiger partial charge in [0.1, 0.15) is 0 Å². The second kappa shape index (κ2) is 8.52. The Morgan fingerprint density at radius 2 is 1.90 bits per heavy atom. The van der Waals surface area contributed by atoms with Gasteiger partial charge < -0.3 is 9.47 Å². The quantitative estimate of drug-likeness (QED) is 0.655. The van der Waals surface area contributed by atoms with Crippen molar-refractivity contribution in [2.45, 2.75) is 49.3 Å². The van der Waals surface area contributed by atoms with Crippen molar-refractivity contribution in [1.82, 2.24) is 14.5 Å². The molecule has 6 nitrogen and oxygen atoms in total. The predicted molar refractivity (Wildman–Crippen MR) is 116 cm³/mol. The van der Waals surface area contributed by atoms with Gasteiger partial charge in [0, 0.05) is 19.1 Å². The van der Waals surface area contributed by atoms with Gasteiger partial charge in [0.15, 0.2) is 15.0 Å². The maximum Gasteiger partial charge on any atom is 0.233 e. The zero-order valence-corrected chi connectivity index (χ0v) is 18.3. The van der Waals surface area contributed by atoms with Crippen molar-refractivity contribution in [2.75, 3.05) is 17.3 Å². The lowest BCUT2D eigenvalue weighted by Gasteiger charge is -2.34. The molecule has 0 spiro atoms. The molecule has 8 heteroatoms. The van der Waals surface area contributed by atoms with Gasteiger partial charge >= 0.3 is 0 Å². The fourth-order valence-corrected chi connectivity index (χ4v) is 7.02. The largest absolute Gasteiger partial charge is 0.335 e. The lowest BCUT2D eigenvalue weighted by molar-refractivity contribution is -0.132. The Balaban J connectivity index is 1.46. The molecular formula is C21H27N3O3S2. The molecule has 1 saturated heterocycles. The number of thioether (sulfide) groups is 1. The molecule has 2 heterocycles. The molecule has 0 bridgehead atoms. The molecule has 2 aliphatic rings. The van der Waals surface area contributed by atoms with Gasteiger partial charge in [0.05, 0.1) is 29.1 Å². The van der Waals surface area contributed by atoms with Crippen LogP contribution in [0.2, 0.25) is 0 Å². The first-order chi connectivity index (χ1) is 13.9. The van der Waals surface area contributed by atoms with Crippen molar-refractivity contribution in [2.24, 2.45) is 7.05 Å². The Kier molecular flexibility index (Phi) is 6.01. The Morgan fingerprint density at radius 1 is 1.17 bits per heavy atom. The van der Waals surface area contributed by atoms with Crippen LogP contribution in [0.3, 0.4) is 0 Å². The van der Waals surface area contributed by atoms with Crippen LogP contribution in [0.25, 0.3) is 11.3 Å². The SMILES string of the molecule is Cn1c(-c2ccccc2)cnc1SCC(=O)N(C1CCCC1)C1CCS(=O)(=O)C1. The number of hydrogen-bond donors (Lipinski definition) is 0. The summed E-state index contributed by atoms with van der Waals surface area (Å²) in [6.45, 7) is 0. The standard InChI is InChI=1S/C21H27N3O3S2/c1-23-19(16-7-3-2-4-8-16)13-22-21(23)28-14-20(25)24(17-9-5-6-10-17)18-11-12-29(26,27)15-18/h2-4,7-8,13,17-18H,5-6,9-12,14-15H2,1H3. The van der Waals surface area contributed by atoms with Gasteiger partial charge in [-0.25, -0.2) is 13.4 Å². The number of aromatic nitrogens is 2. The molecule has 1 aromatic carbocycles. The number of nitrogens with zero attached hydrogens (tertiary/aromatic N) is 3. The van der Waals surface area contributed by atoms with Gasteiger partial charge in [0.25, 0.3) is 0 Å². The van der Waals surface area contributed by atoms with Gasteiger partial charge in [-0.15, -0.1) is 0 Å². The number of carbonyl (C=O) groups excluding carboxylic acids is 1. The minimum Gasteiger partial charge on any atom is -0.335 e. The number of benzene rings is 1. The fraction of sp³-hybridized carbons (Fsp3) is 0.524. The minimum atomic E-state index is -3.02. The zero-order chi connectivity index (χ0) is 20.4. The molecule has 29 heavy (non-hydrogen) atoms. The normalized spacial score (nSPS) is 21.5. The van der Waals surface area contributed by atoms with Crippen molar-refractivity contribution >= 4 is 27.5 Å². The summed E-state index contributed by atoms with van der Waals surface area (Å²) in [7, 11) is -1.06. The molecule has 0 N–H and O–H groups in total. The van der Waals surface area contributed by atoms with E-state index in [0.717, 1.165) is 42.1 Å². The first kappa shape index (κ1) is 20.5. The second-order valence-corrected chi connectivity index (χ2v) is 11.1. The third-order valence-corrected chi connectivity index (χ3v) is 8.73. The summed E-state index contributed by atoms with van der Waals surface area (Å²) in [4.78, 5) is 19.6. The van der Waals surface area contributed by atoms with E-state index < -0.39 is 9.84 Å². The van der Waals surface area contributed by atoms with Gasteiger partial charge in [-0.1, -0.05) is 54.9 Å². The highest BCUT2D eigenvalue weighted by atomic mass is 32.2. The van der Waals surface area contributed by atoms with Crippen molar-refractivity contribution in [3.05, 3.63) is 36.5 Å². The average molecular weight is 434 g/mol. The van der Waals surface area contributed by atoms with E-state index in [1.54, 1.807) is 0 Å². The molecule has 4 rings (SSSR count). The fourth-order valence-electron chi connectivity index (χ4n) is 4.49. The summed E-state index contributed by atoms with van der Waals surface area (Å²) < 4.78 is 26.0. The van der Waals surface area contributed by atoms with Crippen molar-refractivity contribution in [1.29, 1.82) is 0 Å². The summed E-state index contributed by atoms with van der Waals surface area (Å²) in [6.07, 6.45) is 6.58. The number of imidazole rings is 1. The second-order valence-electron chi connectivity index (χ2n) is 7.94. The van der Waals surface area contributed by atoms with E-state index in [0.29, 0.717) is 6.42 Å². The Hall–Kier alpha value is -1.80. The first-order valence-electron chi connectivity index (χ1n) is 10.2. The smallest absolute Gasteiger partial charge is 0.233 e. The van der Waals surface area contributed by atoms with Crippen LogP contribution < -0.4 is 0 Å². The molecule has 2 aromatic rings. The average Bonchev–Trinajstić information content (AvgIpc) is 3.43. The topological polar surface area (TPSA) is 72.3 Å². The van der Waals surface area contributed by atoms with E-state index >= 15 is 0 Å². The van der Waals surface area contributed by atoms with Crippen LogP contribution in [-0.4, -0.2) is 58.1 Å². The number of hydrogen-bond acceptors (Lipinski definition) is 5. The minimum absolute atomic E-state index is 0.0354. The summed E-state index contributed by atoms with van der Waals surface area (Å²) in [6, 6.07) is 10.1. The van der Waals surface area contributed by atoms with Crippen LogP contribution in [0.1, 0.15) is 32.1 Å². The van der Waals surface area contributed by atoms with E-state index in [1.165, 1.54) is 11.8 Å². The zero-order valence-electron chi connectivity index (χ0n) is 16.7. The highest BCUT2D eigenvalue weighted by Crippen LogP contribution is 2.31. The molecule has 1 aromatic heterocycles. The molecule has 1 unspecified atom stereocenters. The van der Waals surface area contributed by atoms with Crippen LogP contribution in [0.15, 0.2) is 41.7 Å². The number of amides is 1. The van der Waals surface area contributed by atoms with Gasteiger partial charge in [-0.3, -0.25) is 4.79 Å². The highest BCUT2D eigenvalue weighted by Gasteiger charge is 2.38. The predicted octanol–water partition coefficient (Wildman–Crippen LogP) is 3.14. The summed E-state index contributed by atoms with van der Waals surface area (Å²) in [5, 5.41) is 0.794. The first-order valence-corrected chi connectivity index (χ1v) is 13.0. The lowest BCUT2D eigenvalue weighted by Crippen LogP contribution is -2.47. The van der Waals surface area contributed by atoms with Crippen molar-refractivity contribution in [3.63, 3.8) is 0 Å².